The van der Waals surface area contributed by atoms with Crippen molar-refractivity contribution >= 4 is 23.3 Å². The zero-order chi connectivity index (χ0) is 16.8. The molecule has 0 aromatic heterocycles. The Bertz CT molecular complexity index is 841. The third-order valence-corrected chi connectivity index (χ3v) is 5.50. The van der Waals surface area contributed by atoms with Crippen LogP contribution in [0, 0.1) is 12.8 Å². The minimum Gasteiger partial charge on any atom is -0.545 e. The topological polar surface area (TPSA) is 52.2 Å². The molecule has 1 aliphatic carbocycles. The Hall–Kier alpha value is -2.26. The van der Waals surface area contributed by atoms with Crippen molar-refractivity contribution in [1.82, 2.24) is 0 Å². The number of carboxylic acids is 1. The molecule has 1 N–H and O–H groups in total. The SMILES string of the molecule is Cc1c(C(=O)[O-])ccc2c1NC(c1ccc(Cl)cc1)C1CC=CC21. The van der Waals surface area contributed by atoms with Crippen molar-refractivity contribution in [3.05, 3.63) is 75.8 Å². The highest BCUT2D eigenvalue weighted by molar-refractivity contribution is 6.30. The number of rotatable bonds is 2. The van der Waals surface area contributed by atoms with Gasteiger partial charge in [-0.2, -0.15) is 0 Å². The van der Waals surface area contributed by atoms with Crippen LogP contribution in [0.4, 0.5) is 5.69 Å². The molecule has 3 atom stereocenters. The summed E-state index contributed by atoms with van der Waals surface area (Å²) in [6.45, 7) is 1.84. The Balaban J connectivity index is 1.83. The fourth-order valence-electron chi connectivity index (χ4n) is 4.04. The largest absolute Gasteiger partial charge is 0.545 e. The van der Waals surface area contributed by atoms with Gasteiger partial charge in [0.1, 0.15) is 0 Å². The highest BCUT2D eigenvalue weighted by Gasteiger charge is 2.38. The molecular weight excluding hydrogens is 322 g/mol. The third-order valence-electron chi connectivity index (χ3n) is 5.25. The van der Waals surface area contributed by atoms with Crippen LogP contribution in [0.5, 0.6) is 0 Å². The molecule has 4 heteroatoms. The molecule has 24 heavy (non-hydrogen) atoms. The van der Waals surface area contributed by atoms with E-state index in [4.69, 9.17) is 11.6 Å². The predicted molar refractivity (Wildman–Crippen MR) is 93.3 cm³/mol. The van der Waals surface area contributed by atoms with Crippen molar-refractivity contribution in [3.63, 3.8) is 0 Å². The number of aromatic carboxylic acids is 1. The van der Waals surface area contributed by atoms with Gasteiger partial charge in [-0.05, 0) is 48.1 Å². The molecule has 0 radical (unpaired) electrons. The zero-order valence-electron chi connectivity index (χ0n) is 13.3. The Kier molecular flexibility index (Phi) is 3.61. The summed E-state index contributed by atoms with van der Waals surface area (Å²) in [4.78, 5) is 11.4. The second-order valence-corrected chi connectivity index (χ2v) is 6.95. The highest BCUT2D eigenvalue weighted by Crippen LogP contribution is 2.50. The molecule has 0 spiro atoms. The van der Waals surface area contributed by atoms with E-state index in [1.807, 2.05) is 37.3 Å². The molecule has 122 valence electrons. The number of fused-ring (bicyclic) bond motifs is 3. The number of hydrogen-bond donors (Lipinski definition) is 1. The molecule has 2 aromatic rings. The minimum atomic E-state index is -1.13. The minimum absolute atomic E-state index is 0.130. The molecule has 3 nitrogen and oxygen atoms in total. The molecule has 0 fully saturated rings. The van der Waals surface area contributed by atoms with Crippen LogP contribution < -0.4 is 10.4 Å². The van der Waals surface area contributed by atoms with E-state index in [1.54, 1.807) is 6.07 Å². The molecule has 1 aliphatic heterocycles. The molecule has 3 unspecified atom stereocenters. The third kappa shape index (κ3) is 2.31. The van der Waals surface area contributed by atoms with E-state index in [-0.39, 0.29) is 11.6 Å². The molecule has 2 aromatic carbocycles. The van der Waals surface area contributed by atoms with Crippen LogP contribution in [0.1, 0.15) is 45.4 Å². The van der Waals surface area contributed by atoms with Gasteiger partial charge in [-0.25, -0.2) is 0 Å². The first-order chi connectivity index (χ1) is 11.6. The number of carbonyl (C=O) groups excluding carboxylic acids is 1. The van der Waals surface area contributed by atoms with Gasteiger partial charge in [0, 0.05) is 22.2 Å². The van der Waals surface area contributed by atoms with Gasteiger partial charge in [0.25, 0.3) is 0 Å². The average Bonchev–Trinajstić information content (AvgIpc) is 3.05. The van der Waals surface area contributed by atoms with E-state index in [1.165, 1.54) is 11.1 Å². The molecule has 0 saturated heterocycles. The van der Waals surface area contributed by atoms with Gasteiger partial charge >= 0.3 is 0 Å². The molecule has 2 aliphatic rings. The van der Waals surface area contributed by atoms with Gasteiger partial charge in [0.15, 0.2) is 0 Å². The van der Waals surface area contributed by atoms with Crippen LogP contribution in [0.2, 0.25) is 5.02 Å². The lowest BCUT2D eigenvalue weighted by atomic mass is 9.76. The monoisotopic (exact) mass is 338 g/mol. The number of allylic oxidation sites excluding steroid dienone is 2. The number of benzene rings is 2. The number of carboxylic acid groups (broad SMARTS) is 1. The second-order valence-electron chi connectivity index (χ2n) is 6.52. The zero-order valence-corrected chi connectivity index (χ0v) is 14.0. The van der Waals surface area contributed by atoms with Crippen molar-refractivity contribution in [2.45, 2.75) is 25.3 Å². The van der Waals surface area contributed by atoms with Crippen LogP contribution in [-0.2, 0) is 0 Å². The van der Waals surface area contributed by atoms with Crippen molar-refractivity contribution in [3.8, 4) is 0 Å². The Morgan fingerprint density at radius 3 is 2.67 bits per heavy atom. The van der Waals surface area contributed by atoms with Crippen molar-refractivity contribution in [2.75, 3.05) is 5.32 Å². The van der Waals surface area contributed by atoms with E-state index < -0.39 is 5.97 Å². The first kappa shape index (κ1) is 15.3. The summed E-state index contributed by atoms with van der Waals surface area (Å²) in [5, 5.41) is 15.7. The number of anilines is 1. The van der Waals surface area contributed by atoms with Gasteiger partial charge in [0.2, 0.25) is 0 Å². The van der Waals surface area contributed by atoms with E-state index in [0.717, 1.165) is 17.7 Å². The van der Waals surface area contributed by atoms with E-state index >= 15 is 0 Å². The summed E-state index contributed by atoms with van der Waals surface area (Å²) < 4.78 is 0. The van der Waals surface area contributed by atoms with Gasteiger partial charge < -0.3 is 15.2 Å². The summed E-state index contributed by atoms with van der Waals surface area (Å²) in [6, 6.07) is 11.6. The number of carbonyl (C=O) groups is 1. The van der Waals surface area contributed by atoms with Crippen LogP contribution in [-0.4, -0.2) is 5.97 Å². The lowest BCUT2D eigenvalue weighted by Gasteiger charge is -2.39. The van der Waals surface area contributed by atoms with Crippen molar-refractivity contribution < 1.29 is 9.90 Å². The average molecular weight is 339 g/mol. The molecule has 4 rings (SSSR count). The van der Waals surface area contributed by atoms with Crippen LogP contribution >= 0.6 is 11.6 Å². The van der Waals surface area contributed by atoms with Crippen molar-refractivity contribution in [2.24, 2.45) is 5.92 Å². The number of hydrogen-bond acceptors (Lipinski definition) is 3. The number of halogens is 1. The Morgan fingerprint density at radius 2 is 1.96 bits per heavy atom. The summed E-state index contributed by atoms with van der Waals surface area (Å²) in [5.41, 5.74) is 4.25. The van der Waals surface area contributed by atoms with Gasteiger partial charge in [-0.3, -0.25) is 0 Å². The van der Waals surface area contributed by atoms with Gasteiger partial charge in [0.05, 0.1) is 12.0 Å². The molecule has 0 amide bonds. The fraction of sp³-hybridized carbons (Fsp3) is 0.250. The maximum absolute atomic E-state index is 11.4. The maximum atomic E-state index is 11.4. The van der Waals surface area contributed by atoms with Gasteiger partial charge in [-0.1, -0.05) is 48.0 Å². The molecule has 0 saturated carbocycles. The summed E-state index contributed by atoms with van der Waals surface area (Å²) >= 11 is 6.02. The smallest absolute Gasteiger partial charge is 0.0718 e. The highest BCUT2D eigenvalue weighted by atomic mass is 35.5. The van der Waals surface area contributed by atoms with Crippen molar-refractivity contribution in [1.29, 1.82) is 0 Å². The molecule has 1 heterocycles. The standard InChI is InChI=1S/C20H18ClNO2/c1-11-14(20(23)24)9-10-17-15-3-2-4-16(15)19(22-18(11)17)12-5-7-13(21)8-6-12/h2-3,5-10,15-16,19,22H,4H2,1H3,(H,23,24)/p-1. The molecular formula is C20H17ClNO2-. The summed E-state index contributed by atoms with van der Waals surface area (Å²) in [7, 11) is 0. The first-order valence-corrected chi connectivity index (χ1v) is 8.47. The molecule has 0 bridgehead atoms. The van der Waals surface area contributed by atoms with E-state index in [9.17, 15) is 9.90 Å². The van der Waals surface area contributed by atoms with Crippen LogP contribution in [0.25, 0.3) is 0 Å². The van der Waals surface area contributed by atoms with Crippen LogP contribution in [0.3, 0.4) is 0 Å². The first-order valence-electron chi connectivity index (χ1n) is 8.10. The lowest BCUT2D eigenvalue weighted by molar-refractivity contribution is -0.255. The van der Waals surface area contributed by atoms with Gasteiger partial charge in [-0.15, -0.1) is 0 Å². The quantitative estimate of drug-likeness (QED) is 0.846. The summed E-state index contributed by atoms with van der Waals surface area (Å²) in [5.74, 6) is -0.410. The fourth-order valence-corrected chi connectivity index (χ4v) is 4.16. The Morgan fingerprint density at radius 1 is 1.21 bits per heavy atom. The lowest BCUT2D eigenvalue weighted by Crippen LogP contribution is -2.31. The van der Waals surface area contributed by atoms with E-state index in [0.29, 0.717) is 16.9 Å². The maximum Gasteiger partial charge on any atom is 0.0718 e. The number of nitrogens with one attached hydrogen (secondary N) is 1. The normalized spacial score (nSPS) is 24.2. The Labute approximate surface area is 146 Å². The van der Waals surface area contributed by atoms with E-state index in [2.05, 4.69) is 17.5 Å². The van der Waals surface area contributed by atoms with Crippen LogP contribution in [0.15, 0.2) is 48.6 Å². The predicted octanol–water partition coefficient (Wildman–Crippen LogP) is 3.84. The summed E-state index contributed by atoms with van der Waals surface area (Å²) in [6.07, 6.45) is 5.47. The second kappa shape index (κ2) is 5.67.